The molecule has 0 unspecified atom stereocenters. The van der Waals surface area contributed by atoms with E-state index in [9.17, 15) is 14.7 Å². The van der Waals surface area contributed by atoms with Crippen LogP contribution in [0.4, 0.5) is 5.69 Å². The zero-order valence-corrected chi connectivity index (χ0v) is 20.5. The fourth-order valence-corrected chi connectivity index (χ4v) is 7.43. The number of carbonyl (C=O) groups is 2. The molecule has 170 valence electrons. The number of benzene rings is 2. The van der Waals surface area contributed by atoms with Gasteiger partial charge in [-0.2, -0.15) is 0 Å². The Hall–Kier alpha value is -2.61. The zero-order chi connectivity index (χ0) is 23.2. The van der Waals surface area contributed by atoms with Crippen molar-refractivity contribution in [1.82, 2.24) is 0 Å². The van der Waals surface area contributed by atoms with Crippen LogP contribution in [-0.4, -0.2) is 31.8 Å². The van der Waals surface area contributed by atoms with E-state index in [4.69, 9.17) is 5.26 Å². The first-order valence-corrected chi connectivity index (χ1v) is 13.8. The molecule has 5 rings (SSSR count). The maximum absolute atomic E-state index is 12.9. The van der Waals surface area contributed by atoms with Crippen molar-refractivity contribution in [3.05, 3.63) is 58.7 Å². The van der Waals surface area contributed by atoms with Gasteiger partial charge in [-0.05, 0) is 25.2 Å². The van der Waals surface area contributed by atoms with Crippen LogP contribution in [0.25, 0.3) is 0 Å². The first-order chi connectivity index (χ1) is 15.9. The second kappa shape index (κ2) is 8.63. The molecular weight excluding hydrogens is 479 g/mol. The summed E-state index contributed by atoms with van der Waals surface area (Å²) in [6.07, 6.45) is 5.60. The first kappa shape index (κ1) is 22.2. The number of aromatic hydroxyl groups is 1. The summed E-state index contributed by atoms with van der Waals surface area (Å²) in [6.45, 7) is 2.17. The Labute approximate surface area is 200 Å². The van der Waals surface area contributed by atoms with Gasteiger partial charge in [-0.1, -0.05) is 6.92 Å². The molecule has 3 aliphatic rings. The quantitative estimate of drug-likeness (QED) is 0.462. The molecule has 0 aromatic heterocycles. The van der Waals surface area contributed by atoms with Crippen LogP contribution in [0.15, 0.2) is 36.4 Å². The number of phenols is 1. The number of anilines is 1. The van der Waals surface area contributed by atoms with E-state index in [1.165, 1.54) is 11.1 Å². The number of amides is 1. The first-order valence-electron chi connectivity index (χ1n) is 11.7. The summed E-state index contributed by atoms with van der Waals surface area (Å²) in [6, 6.07) is 11.1. The van der Waals surface area contributed by atoms with E-state index in [1.54, 1.807) is 12.1 Å². The Balaban J connectivity index is 1.37. The molecule has 4 atom stereocenters. The molecule has 2 aromatic rings. The van der Waals surface area contributed by atoms with E-state index in [1.807, 2.05) is 24.3 Å². The standard InChI is InChI=1S/C27H28N2O3Se/c1-27-11-10-19-20(22(27)8-9-25(27)31)7-6-18-12-24(30)23(13-21(18)19)29-26(32)17-4-2-16(3-5-17)14-33-15-28/h2-5,12-13,19-20,22,30H,6-11,14H2,1H3,(H,29,32)/t19-,20+,22-,27-/m0/s1. The van der Waals surface area contributed by atoms with E-state index in [0.29, 0.717) is 41.2 Å². The van der Waals surface area contributed by atoms with Crippen molar-refractivity contribution < 1.29 is 14.7 Å². The monoisotopic (exact) mass is 508 g/mol. The number of hydrogen-bond acceptors (Lipinski definition) is 4. The number of Topliss-reactive ketones (excluding diaryl/α,β-unsaturated/α-hetero) is 1. The molecule has 0 bridgehead atoms. The molecule has 0 heterocycles. The summed E-state index contributed by atoms with van der Waals surface area (Å²) in [5, 5.41) is 23.0. The van der Waals surface area contributed by atoms with Crippen molar-refractivity contribution in [3.8, 4) is 10.7 Å². The molecule has 5 nitrogen and oxygen atoms in total. The van der Waals surface area contributed by atoms with Gasteiger partial charge in [-0.3, -0.25) is 4.79 Å². The van der Waals surface area contributed by atoms with Crippen molar-refractivity contribution >= 4 is 32.3 Å². The minimum absolute atomic E-state index is 0.0844. The Bertz CT molecular complexity index is 1150. The van der Waals surface area contributed by atoms with Crippen LogP contribution in [0.5, 0.6) is 5.75 Å². The fourth-order valence-electron chi connectivity index (χ4n) is 6.54. The smallest absolute Gasteiger partial charge is 0.299 e. The summed E-state index contributed by atoms with van der Waals surface area (Å²) in [7, 11) is 0. The summed E-state index contributed by atoms with van der Waals surface area (Å²) in [5.74, 6) is 1.62. The van der Waals surface area contributed by atoms with Gasteiger partial charge in [0.1, 0.15) is 5.78 Å². The van der Waals surface area contributed by atoms with Gasteiger partial charge in [0.25, 0.3) is 0 Å². The van der Waals surface area contributed by atoms with Crippen molar-refractivity contribution in [2.75, 3.05) is 5.32 Å². The number of carbonyl (C=O) groups excluding carboxylic acids is 2. The van der Waals surface area contributed by atoms with Gasteiger partial charge in [-0.25, -0.2) is 0 Å². The van der Waals surface area contributed by atoms with E-state index in [-0.39, 0.29) is 32.0 Å². The molecule has 1 amide bonds. The predicted octanol–water partition coefficient (Wildman–Crippen LogP) is 4.75. The van der Waals surface area contributed by atoms with Gasteiger partial charge >= 0.3 is 146 Å². The average Bonchev–Trinajstić information content (AvgIpc) is 3.13. The molecule has 2 N–H and O–H groups in total. The number of hydrogen-bond donors (Lipinski definition) is 2. The summed E-state index contributed by atoms with van der Waals surface area (Å²) >= 11 is -0.0844. The molecule has 2 aromatic carbocycles. The number of nitrogens with one attached hydrogen (secondary N) is 1. The van der Waals surface area contributed by atoms with E-state index in [0.717, 1.165) is 43.0 Å². The van der Waals surface area contributed by atoms with Crippen molar-refractivity contribution in [1.29, 1.82) is 5.26 Å². The van der Waals surface area contributed by atoms with Crippen molar-refractivity contribution in [2.45, 2.75) is 56.7 Å². The normalized spacial score (nSPS) is 27.8. The molecule has 0 saturated heterocycles. The van der Waals surface area contributed by atoms with Crippen LogP contribution in [-0.2, 0) is 16.5 Å². The van der Waals surface area contributed by atoms with Gasteiger partial charge in [0.05, 0.1) is 0 Å². The number of nitrogens with zero attached hydrogens (tertiary/aromatic N) is 1. The number of aryl methyl sites for hydroxylation is 1. The van der Waals surface area contributed by atoms with E-state index < -0.39 is 0 Å². The van der Waals surface area contributed by atoms with Gasteiger partial charge in [0, 0.05) is 11.8 Å². The molecule has 2 fully saturated rings. The van der Waals surface area contributed by atoms with Gasteiger partial charge in [0.2, 0.25) is 0 Å². The molecule has 3 aliphatic carbocycles. The van der Waals surface area contributed by atoms with Gasteiger partial charge in [-0.15, -0.1) is 0 Å². The molecule has 0 aliphatic heterocycles. The number of ketones is 1. The van der Waals surface area contributed by atoms with Crippen LogP contribution in [0, 0.1) is 27.5 Å². The van der Waals surface area contributed by atoms with Crippen LogP contribution >= 0.6 is 0 Å². The number of phenolic OH excluding ortho intramolecular Hbond substituents is 1. The average molecular weight is 507 g/mol. The third-order valence-electron chi connectivity index (χ3n) is 8.32. The van der Waals surface area contributed by atoms with Crippen LogP contribution in [0.2, 0.25) is 0 Å². The summed E-state index contributed by atoms with van der Waals surface area (Å²) in [4.78, 5) is 27.6. The summed E-state index contributed by atoms with van der Waals surface area (Å²) in [5.41, 5.74) is 4.26. The summed E-state index contributed by atoms with van der Waals surface area (Å²) < 4.78 is 0. The van der Waals surface area contributed by atoms with Crippen LogP contribution in [0.1, 0.15) is 72.0 Å². The second-order valence-corrected chi connectivity index (χ2v) is 11.5. The molecular formula is C27H28N2O3Se. The SMILES string of the molecule is C[C@]12CC[C@@H]3c4cc(NC(=O)c5ccc(C[Se]C#N)cc5)c(O)cc4CC[C@H]3[C@@H]1CCC2=O. The number of fused-ring (bicyclic) bond motifs is 5. The predicted molar refractivity (Wildman–Crippen MR) is 127 cm³/mol. The second-order valence-electron chi connectivity index (χ2n) is 9.93. The maximum atomic E-state index is 12.9. The van der Waals surface area contributed by atoms with E-state index >= 15 is 0 Å². The fraction of sp³-hybridized carbons (Fsp3) is 0.444. The number of rotatable bonds is 4. The minimum atomic E-state index is -0.257. The van der Waals surface area contributed by atoms with Gasteiger partial charge in [0.15, 0.2) is 0 Å². The van der Waals surface area contributed by atoms with Crippen LogP contribution < -0.4 is 5.32 Å². The Kier molecular flexibility index (Phi) is 5.80. The van der Waals surface area contributed by atoms with E-state index in [2.05, 4.69) is 17.2 Å². The van der Waals surface area contributed by atoms with Crippen molar-refractivity contribution in [3.63, 3.8) is 0 Å². The number of nitriles is 1. The molecule has 33 heavy (non-hydrogen) atoms. The third-order valence-corrected chi connectivity index (χ3v) is 9.59. The topological polar surface area (TPSA) is 90.2 Å². The zero-order valence-electron chi connectivity index (χ0n) is 18.8. The third kappa shape index (κ3) is 3.88. The molecule has 2 saturated carbocycles. The Morgan fingerprint density at radius 3 is 2.76 bits per heavy atom. The molecule has 0 radical (unpaired) electrons. The Morgan fingerprint density at radius 2 is 2.00 bits per heavy atom. The Morgan fingerprint density at radius 1 is 1.21 bits per heavy atom. The van der Waals surface area contributed by atoms with Crippen molar-refractivity contribution in [2.24, 2.45) is 17.3 Å². The minimum Gasteiger partial charge on any atom is -0.299 e. The molecule has 0 spiro atoms. The van der Waals surface area contributed by atoms with Crippen LogP contribution in [0.3, 0.4) is 0 Å². The van der Waals surface area contributed by atoms with Gasteiger partial charge < -0.3 is 0 Å². The molecule has 6 heteroatoms.